The number of carbonyl (C=O) groups excluding carboxylic acids is 1. The fourth-order valence-corrected chi connectivity index (χ4v) is 2.75. The smallest absolute Gasteiger partial charge is 0.236 e. The first kappa shape index (κ1) is 17.8. The molecule has 1 amide bonds. The molecule has 0 bridgehead atoms. The summed E-state index contributed by atoms with van der Waals surface area (Å²) in [4.78, 5) is 18.2. The fourth-order valence-electron chi connectivity index (χ4n) is 2.75. The van der Waals surface area contributed by atoms with Gasteiger partial charge in [-0.15, -0.1) is 0 Å². The van der Waals surface area contributed by atoms with Gasteiger partial charge in [0.05, 0.1) is 19.3 Å². The molecule has 0 saturated carbocycles. The third-order valence-electron chi connectivity index (χ3n) is 3.89. The number of nitrogens with zero attached hydrogens (tertiary/aromatic N) is 3. The molecular weight excluding hydrogens is 297 g/mol. The second-order valence-electron chi connectivity index (χ2n) is 6.37. The maximum atomic E-state index is 13.2. The molecular formula is C17H26FN3O2. The molecule has 1 fully saturated rings. The fraction of sp³-hybridized carbons (Fsp3) is 0.588. The number of amides is 1. The molecule has 1 heterocycles. The molecule has 23 heavy (non-hydrogen) atoms. The molecule has 0 radical (unpaired) electrons. The number of rotatable bonds is 6. The van der Waals surface area contributed by atoms with Crippen molar-refractivity contribution < 1.29 is 13.9 Å². The Labute approximate surface area is 137 Å². The van der Waals surface area contributed by atoms with Gasteiger partial charge in [0.1, 0.15) is 5.82 Å². The van der Waals surface area contributed by atoms with E-state index in [2.05, 4.69) is 9.80 Å². The number of ether oxygens (including phenoxy) is 1. The molecule has 6 heteroatoms. The first-order valence-electron chi connectivity index (χ1n) is 7.91. The quantitative estimate of drug-likeness (QED) is 0.784. The second kappa shape index (κ2) is 8.38. The number of halogens is 1. The van der Waals surface area contributed by atoms with Gasteiger partial charge in [-0.1, -0.05) is 12.1 Å². The average molecular weight is 323 g/mol. The zero-order valence-electron chi connectivity index (χ0n) is 14.2. The predicted octanol–water partition coefficient (Wildman–Crippen LogP) is 1.05. The Morgan fingerprint density at radius 3 is 2.87 bits per heavy atom. The van der Waals surface area contributed by atoms with Crippen LogP contribution in [0.25, 0.3) is 0 Å². The Bertz CT molecular complexity index is 524. The van der Waals surface area contributed by atoms with Crippen molar-refractivity contribution in [3.05, 3.63) is 35.6 Å². The lowest BCUT2D eigenvalue weighted by molar-refractivity contribution is -0.133. The van der Waals surface area contributed by atoms with E-state index in [1.165, 1.54) is 12.1 Å². The second-order valence-corrected chi connectivity index (χ2v) is 6.37. The van der Waals surface area contributed by atoms with Crippen molar-refractivity contribution in [2.75, 3.05) is 53.9 Å². The van der Waals surface area contributed by atoms with Crippen molar-refractivity contribution in [2.45, 2.75) is 12.6 Å². The minimum Gasteiger partial charge on any atom is -0.374 e. The van der Waals surface area contributed by atoms with E-state index in [0.29, 0.717) is 19.7 Å². The zero-order valence-corrected chi connectivity index (χ0v) is 14.2. The van der Waals surface area contributed by atoms with Gasteiger partial charge in [0.15, 0.2) is 0 Å². The lowest BCUT2D eigenvalue weighted by Gasteiger charge is -2.34. The summed E-state index contributed by atoms with van der Waals surface area (Å²) in [6.07, 6.45) is 0.139. The van der Waals surface area contributed by atoms with Crippen LogP contribution < -0.4 is 0 Å². The van der Waals surface area contributed by atoms with Gasteiger partial charge in [0.25, 0.3) is 0 Å². The van der Waals surface area contributed by atoms with Crippen molar-refractivity contribution >= 4 is 5.91 Å². The van der Waals surface area contributed by atoms with Gasteiger partial charge < -0.3 is 14.5 Å². The highest BCUT2D eigenvalue weighted by Gasteiger charge is 2.23. The third-order valence-corrected chi connectivity index (χ3v) is 3.89. The van der Waals surface area contributed by atoms with Crippen molar-refractivity contribution in [2.24, 2.45) is 0 Å². The first-order valence-corrected chi connectivity index (χ1v) is 7.91. The van der Waals surface area contributed by atoms with Crippen molar-refractivity contribution in [1.82, 2.24) is 14.7 Å². The van der Waals surface area contributed by atoms with Crippen molar-refractivity contribution in [3.8, 4) is 0 Å². The van der Waals surface area contributed by atoms with Gasteiger partial charge in [-0.25, -0.2) is 4.39 Å². The molecule has 1 saturated heterocycles. The SMILES string of the molecule is CN(C)C[C@H]1CN(CC(=O)N(C)Cc2cccc(F)c2)CCO1. The summed E-state index contributed by atoms with van der Waals surface area (Å²) in [5.41, 5.74) is 0.799. The van der Waals surface area contributed by atoms with Gasteiger partial charge in [-0.3, -0.25) is 9.69 Å². The van der Waals surface area contributed by atoms with Crippen LogP contribution in [-0.4, -0.2) is 80.6 Å². The maximum Gasteiger partial charge on any atom is 0.236 e. The van der Waals surface area contributed by atoms with Crippen LogP contribution >= 0.6 is 0 Å². The van der Waals surface area contributed by atoms with Gasteiger partial charge >= 0.3 is 0 Å². The summed E-state index contributed by atoms with van der Waals surface area (Å²) in [6, 6.07) is 6.36. The van der Waals surface area contributed by atoms with Crippen LogP contribution in [0, 0.1) is 5.82 Å². The summed E-state index contributed by atoms with van der Waals surface area (Å²) in [7, 11) is 5.78. The predicted molar refractivity (Wildman–Crippen MR) is 87.6 cm³/mol. The van der Waals surface area contributed by atoms with Gasteiger partial charge in [-0.2, -0.15) is 0 Å². The molecule has 1 aromatic carbocycles. The zero-order chi connectivity index (χ0) is 16.8. The molecule has 0 aliphatic carbocycles. The van der Waals surface area contributed by atoms with Gasteiger partial charge in [0.2, 0.25) is 5.91 Å². The van der Waals surface area contributed by atoms with Gasteiger partial charge in [0, 0.05) is 33.2 Å². The Balaban J connectivity index is 1.83. The summed E-state index contributed by atoms with van der Waals surface area (Å²) in [5, 5.41) is 0. The normalized spacial score (nSPS) is 19.1. The molecule has 1 atom stereocenters. The molecule has 0 spiro atoms. The van der Waals surface area contributed by atoms with E-state index in [4.69, 9.17) is 4.74 Å². The van der Waals surface area contributed by atoms with Crippen LogP contribution in [0.3, 0.4) is 0 Å². The van der Waals surface area contributed by atoms with E-state index in [0.717, 1.165) is 25.2 Å². The highest BCUT2D eigenvalue weighted by Crippen LogP contribution is 2.09. The van der Waals surface area contributed by atoms with Crippen LogP contribution in [0.5, 0.6) is 0 Å². The van der Waals surface area contributed by atoms with Gasteiger partial charge in [-0.05, 0) is 31.8 Å². The maximum absolute atomic E-state index is 13.2. The van der Waals surface area contributed by atoms with Crippen LogP contribution in [0.2, 0.25) is 0 Å². The summed E-state index contributed by atoms with van der Waals surface area (Å²) >= 11 is 0. The molecule has 1 aliphatic heterocycles. The molecule has 2 rings (SSSR count). The minimum absolute atomic E-state index is 0.0414. The van der Waals surface area contributed by atoms with Crippen LogP contribution in [0.4, 0.5) is 4.39 Å². The highest BCUT2D eigenvalue weighted by molar-refractivity contribution is 5.78. The summed E-state index contributed by atoms with van der Waals surface area (Å²) in [6.45, 7) is 3.82. The Morgan fingerprint density at radius 2 is 2.17 bits per heavy atom. The standard InChI is InChI=1S/C17H26FN3O2/c1-19(2)11-16-12-21(7-8-23-16)13-17(22)20(3)10-14-5-4-6-15(18)9-14/h4-6,9,16H,7-8,10-13H2,1-3H3/t16-/m0/s1. The van der Waals surface area contributed by atoms with E-state index in [9.17, 15) is 9.18 Å². The van der Waals surface area contributed by atoms with E-state index < -0.39 is 0 Å². The van der Waals surface area contributed by atoms with E-state index in [1.54, 1.807) is 18.0 Å². The molecule has 1 aromatic rings. The van der Waals surface area contributed by atoms with Crippen molar-refractivity contribution in [3.63, 3.8) is 0 Å². The Morgan fingerprint density at radius 1 is 1.39 bits per heavy atom. The first-order chi connectivity index (χ1) is 10.9. The highest BCUT2D eigenvalue weighted by atomic mass is 19.1. The Hall–Kier alpha value is -1.50. The number of likely N-dealkylation sites (N-methyl/N-ethyl adjacent to an activating group) is 2. The lowest BCUT2D eigenvalue weighted by Crippen LogP contribution is -2.49. The molecule has 0 unspecified atom stereocenters. The van der Waals surface area contributed by atoms with E-state index in [-0.39, 0.29) is 17.8 Å². The molecule has 1 aliphatic rings. The largest absolute Gasteiger partial charge is 0.374 e. The number of hydrogen-bond acceptors (Lipinski definition) is 4. The van der Waals surface area contributed by atoms with Crippen LogP contribution in [0.15, 0.2) is 24.3 Å². The molecule has 128 valence electrons. The van der Waals surface area contributed by atoms with Crippen molar-refractivity contribution in [1.29, 1.82) is 0 Å². The average Bonchev–Trinajstić information content (AvgIpc) is 2.46. The summed E-state index contributed by atoms with van der Waals surface area (Å²) < 4.78 is 18.9. The molecule has 5 nitrogen and oxygen atoms in total. The number of carbonyl (C=O) groups is 1. The van der Waals surface area contributed by atoms with Crippen LogP contribution in [-0.2, 0) is 16.1 Å². The molecule has 0 N–H and O–H groups in total. The minimum atomic E-state index is -0.275. The lowest BCUT2D eigenvalue weighted by atomic mass is 10.2. The number of morpholine rings is 1. The van der Waals surface area contributed by atoms with Crippen LogP contribution in [0.1, 0.15) is 5.56 Å². The topological polar surface area (TPSA) is 36.0 Å². The van der Waals surface area contributed by atoms with E-state index >= 15 is 0 Å². The third kappa shape index (κ3) is 5.89. The number of hydrogen-bond donors (Lipinski definition) is 0. The number of benzene rings is 1. The van der Waals surface area contributed by atoms with E-state index in [1.807, 2.05) is 20.2 Å². The summed E-state index contributed by atoms with van der Waals surface area (Å²) in [5.74, 6) is -0.234. The monoisotopic (exact) mass is 323 g/mol. The molecule has 0 aromatic heterocycles. The Kier molecular flexibility index (Phi) is 6.50.